The average Bonchev–Trinajstić information content (AvgIpc) is 3.65. The van der Waals surface area contributed by atoms with Crippen LogP contribution in [-0.2, 0) is 0 Å². The van der Waals surface area contributed by atoms with Gasteiger partial charge in [0.25, 0.3) is 0 Å². The lowest BCUT2D eigenvalue weighted by molar-refractivity contribution is 0.300. The van der Waals surface area contributed by atoms with Crippen molar-refractivity contribution < 1.29 is 0 Å². The molecule has 0 spiro atoms. The summed E-state index contributed by atoms with van der Waals surface area (Å²) in [5.41, 5.74) is 3.74. The summed E-state index contributed by atoms with van der Waals surface area (Å²) in [4.78, 5) is 10.0. The zero-order valence-electron chi connectivity index (χ0n) is 19.1. The molecule has 1 aliphatic heterocycles. The third-order valence-corrected chi connectivity index (χ3v) is 7.51. The van der Waals surface area contributed by atoms with E-state index in [0.717, 1.165) is 66.5 Å². The van der Waals surface area contributed by atoms with E-state index in [2.05, 4.69) is 54.1 Å². The third kappa shape index (κ3) is 4.87. The van der Waals surface area contributed by atoms with E-state index in [1.54, 1.807) is 0 Å². The van der Waals surface area contributed by atoms with Gasteiger partial charge in [-0.05, 0) is 75.0 Å². The van der Waals surface area contributed by atoms with Crippen molar-refractivity contribution in [2.45, 2.75) is 64.8 Å². The first-order chi connectivity index (χ1) is 15.2. The number of hydrogen-bond donors (Lipinski definition) is 3. The summed E-state index contributed by atoms with van der Waals surface area (Å²) in [6.07, 6.45) is 11.4. The second-order valence-electron chi connectivity index (χ2n) is 10.1. The number of aromatic nitrogens is 2. The lowest BCUT2D eigenvalue weighted by Crippen LogP contribution is -2.22. The van der Waals surface area contributed by atoms with Crippen LogP contribution in [0.25, 0.3) is 16.5 Å². The number of fused-ring (bicyclic) bond motifs is 1. The Balaban J connectivity index is 1.46. The molecule has 2 aromatic rings. The molecular weight excluding hydrogens is 382 g/mol. The van der Waals surface area contributed by atoms with Gasteiger partial charge in [-0.3, -0.25) is 0 Å². The molecule has 0 radical (unpaired) electrons. The Morgan fingerprint density at radius 2 is 1.94 bits per heavy atom. The van der Waals surface area contributed by atoms with Gasteiger partial charge in [0.1, 0.15) is 5.82 Å². The first-order valence-corrected chi connectivity index (χ1v) is 12.4. The minimum absolute atomic E-state index is 0.451. The Hall–Kier alpha value is -2.14. The van der Waals surface area contributed by atoms with Crippen LogP contribution in [-0.4, -0.2) is 35.6 Å². The van der Waals surface area contributed by atoms with Gasteiger partial charge in [-0.2, -0.15) is 4.98 Å². The fourth-order valence-corrected chi connectivity index (χ4v) is 5.17. The van der Waals surface area contributed by atoms with Crippen LogP contribution in [0.15, 0.2) is 24.3 Å². The second kappa shape index (κ2) is 9.15. The highest BCUT2D eigenvalue weighted by Gasteiger charge is 2.29. The van der Waals surface area contributed by atoms with Gasteiger partial charge in [0.2, 0.25) is 5.95 Å². The highest BCUT2D eigenvalue weighted by molar-refractivity contribution is 5.97. The number of hydrogen-bond acceptors (Lipinski definition) is 5. The summed E-state index contributed by atoms with van der Waals surface area (Å²) in [7, 11) is 0. The van der Waals surface area contributed by atoms with E-state index in [-0.39, 0.29) is 0 Å². The molecule has 2 fully saturated rings. The Bertz CT molecular complexity index is 940. The monoisotopic (exact) mass is 419 g/mol. The van der Waals surface area contributed by atoms with Crippen LogP contribution in [0, 0.1) is 17.8 Å². The minimum Gasteiger partial charge on any atom is -0.367 e. The quantitative estimate of drug-likeness (QED) is 0.557. The Morgan fingerprint density at radius 3 is 2.68 bits per heavy atom. The van der Waals surface area contributed by atoms with Crippen LogP contribution in [0.3, 0.4) is 0 Å². The van der Waals surface area contributed by atoms with Gasteiger partial charge < -0.3 is 16.0 Å². The molecule has 3 N–H and O–H groups in total. The fraction of sp³-hybridized carbons (Fsp3) is 0.615. The molecule has 2 heterocycles. The normalized spacial score (nSPS) is 25.2. The molecular formula is C26H37N5. The van der Waals surface area contributed by atoms with E-state index < -0.39 is 0 Å². The molecule has 5 rings (SSSR count). The van der Waals surface area contributed by atoms with Crippen molar-refractivity contribution >= 4 is 28.2 Å². The molecule has 5 heteroatoms. The first kappa shape index (κ1) is 20.7. The van der Waals surface area contributed by atoms with E-state index in [1.165, 1.54) is 49.7 Å². The van der Waals surface area contributed by atoms with Crippen LogP contribution in [0.1, 0.15) is 64.4 Å². The van der Waals surface area contributed by atoms with Gasteiger partial charge in [-0.25, -0.2) is 4.98 Å². The Kier molecular flexibility index (Phi) is 6.13. The standard InChI is InChI=1S/C26H37N5/c1-17-6-8-19(9-7-17)16-28-26-30-24-22(21-12-14-27-15-13-21)4-3-5-23(24)25(31-26)29-18(2)20-10-11-20/h3-5,12,17-20,27H,6-11,13-16H2,1-2H3,(H2,28,29,30,31)/t17?,18-,19?/m1/s1. The molecule has 1 aromatic heterocycles. The number of rotatable bonds is 7. The topological polar surface area (TPSA) is 61.9 Å². The van der Waals surface area contributed by atoms with Gasteiger partial charge >= 0.3 is 0 Å². The van der Waals surface area contributed by atoms with Gasteiger partial charge in [-0.15, -0.1) is 0 Å². The van der Waals surface area contributed by atoms with Crippen molar-refractivity contribution in [2.24, 2.45) is 17.8 Å². The fourth-order valence-electron chi connectivity index (χ4n) is 5.17. The second-order valence-corrected chi connectivity index (χ2v) is 10.1. The SMILES string of the molecule is CC1CCC(CNc2nc(N[C@H](C)C3CC3)c3cccc(C4=CCNCC4)c3n2)CC1. The number of nitrogens with zero attached hydrogens (tertiary/aromatic N) is 2. The molecule has 1 aromatic carbocycles. The van der Waals surface area contributed by atoms with Crippen molar-refractivity contribution in [3.8, 4) is 0 Å². The zero-order chi connectivity index (χ0) is 21.2. The summed E-state index contributed by atoms with van der Waals surface area (Å²) < 4.78 is 0. The van der Waals surface area contributed by atoms with Crippen molar-refractivity contribution in [1.82, 2.24) is 15.3 Å². The molecule has 0 amide bonds. The van der Waals surface area contributed by atoms with E-state index in [4.69, 9.17) is 9.97 Å². The van der Waals surface area contributed by atoms with Gasteiger partial charge in [0, 0.05) is 30.1 Å². The highest BCUT2D eigenvalue weighted by atomic mass is 15.2. The van der Waals surface area contributed by atoms with E-state index in [1.807, 2.05) is 0 Å². The van der Waals surface area contributed by atoms with Gasteiger partial charge in [-0.1, -0.05) is 38.0 Å². The lowest BCUT2D eigenvalue weighted by Gasteiger charge is -2.26. The molecule has 31 heavy (non-hydrogen) atoms. The predicted molar refractivity (Wildman–Crippen MR) is 130 cm³/mol. The largest absolute Gasteiger partial charge is 0.367 e. The van der Waals surface area contributed by atoms with E-state index in [0.29, 0.717) is 6.04 Å². The molecule has 0 bridgehead atoms. The lowest BCUT2D eigenvalue weighted by atomic mass is 9.83. The van der Waals surface area contributed by atoms with Crippen LogP contribution in [0.2, 0.25) is 0 Å². The molecule has 3 aliphatic rings. The van der Waals surface area contributed by atoms with Crippen molar-refractivity contribution in [3.05, 3.63) is 29.8 Å². The smallest absolute Gasteiger partial charge is 0.225 e. The summed E-state index contributed by atoms with van der Waals surface area (Å²) in [6, 6.07) is 7.02. The number of anilines is 2. The van der Waals surface area contributed by atoms with Crippen LogP contribution >= 0.6 is 0 Å². The van der Waals surface area contributed by atoms with E-state index >= 15 is 0 Å². The Labute approximate surface area is 186 Å². The molecule has 1 atom stereocenters. The number of para-hydroxylation sites is 1. The van der Waals surface area contributed by atoms with Gasteiger partial charge in [0.05, 0.1) is 5.52 Å². The average molecular weight is 420 g/mol. The highest BCUT2D eigenvalue weighted by Crippen LogP contribution is 2.36. The third-order valence-electron chi connectivity index (χ3n) is 7.51. The first-order valence-electron chi connectivity index (χ1n) is 12.4. The molecule has 2 saturated carbocycles. The van der Waals surface area contributed by atoms with Gasteiger partial charge in [0.15, 0.2) is 0 Å². The van der Waals surface area contributed by atoms with Crippen LogP contribution in [0.5, 0.6) is 0 Å². The van der Waals surface area contributed by atoms with E-state index in [9.17, 15) is 0 Å². The molecule has 2 aliphatic carbocycles. The van der Waals surface area contributed by atoms with Crippen LogP contribution < -0.4 is 16.0 Å². The Morgan fingerprint density at radius 1 is 1.10 bits per heavy atom. The van der Waals surface area contributed by atoms with Crippen molar-refractivity contribution in [1.29, 1.82) is 0 Å². The number of benzene rings is 1. The summed E-state index contributed by atoms with van der Waals surface area (Å²) in [5, 5.41) is 11.9. The molecule has 166 valence electrons. The molecule has 5 nitrogen and oxygen atoms in total. The maximum absolute atomic E-state index is 5.05. The molecule has 0 saturated heterocycles. The summed E-state index contributed by atoms with van der Waals surface area (Å²) >= 11 is 0. The maximum atomic E-state index is 5.05. The van der Waals surface area contributed by atoms with Crippen LogP contribution in [0.4, 0.5) is 11.8 Å². The predicted octanol–water partition coefficient (Wildman–Crippen LogP) is 5.46. The summed E-state index contributed by atoms with van der Waals surface area (Å²) in [5.74, 6) is 4.16. The zero-order valence-corrected chi connectivity index (χ0v) is 19.1. The van der Waals surface area contributed by atoms with Crippen molar-refractivity contribution in [3.63, 3.8) is 0 Å². The minimum atomic E-state index is 0.451. The summed E-state index contributed by atoms with van der Waals surface area (Å²) in [6.45, 7) is 7.62. The number of nitrogens with one attached hydrogen (secondary N) is 3. The maximum Gasteiger partial charge on any atom is 0.225 e. The molecule has 0 unspecified atom stereocenters. The van der Waals surface area contributed by atoms with Crippen molar-refractivity contribution in [2.75, 3.05) is 30.3 Å².